The predicted molar refractivity (Wildman–Crippen MR) is 83.9 cm³/mol. The molecule has 21 heavy (non-hydrogen) atoms. The number of nitrogens with zero attached hydrogens (tertiary/aromatic N) is 3. The zero-order valence-corrected chi connectivity index (χ0v) is 13.6. The molecule has 2 heterocycles. The monoisotopic (exact) mass is 292 g/mol. The van der Waals surface area contributed by atoms with Gasteiger partial charge in [0.2, 0.25) is 5.91 Å². The van der Waals surface area contributed by atoms with Crippen molar-refractivity contribution in [2.45, 2.75) is 58.5 Å². The van der Waals surface area contributed by atoms with Gasteiger partial charge in [-0.3, -0.25) is 9.48 Å². The molecule has 118 valence electrons. The van der Waals surface area contributed by atoms with Crippen molar-refractivity contribution in [1.29, 1.82) is 0 Å². The maximum absolute atomic E-state index is 12.5. The first-order valence-electron chi connectivity index (χ1n) is 8.15. The van der Waals surface area contributed by atoms with E-state index < -0.39 is 0 Å². The van der Waals surface area contributed by atoms with Gasteiger partial charge in [-0.25, -0.2) is 0 Å². The van der Waals surface area contributed by atoms with Gasteiger partial charge in [-0.15, -0.1) is 0 Å². The first-order valence-corrected chi connectivity index (χ1v) is 8.15. The molecule has 0 bridgehead atoms. The number of amides is 1. The number of aryl methyl sites for hydroxylation is 2. The Bertz CT molecular complexity index is 461. The van der Waals surface area contributed by atoms with Gasteiger partial charge in [0.1, 0.15) is 0 Å². The van der Waals surface area contributed by atoms with E-state index in [0.717, 1.165) is 38.0 Å². The highest BCUT2D eigenvalue weighted by Crippen LogP contribution is 2.11. The third-order valence-corrected chi connectivity index (χ3v) is 4.21. The number of aromatic nitrogens is 2. The van der Waals surface area contributed by atoms with Crippen molar-refractivity contribution in [3.63, 3.8) is 0 Å². The standard InChI is InChI=1S/C16H28N4O/c1-4-15-14(12-19(3)18-15)11-17-13(2)16(21)20-9-7-5-6-8-10-20/h12-13,17H,4-11H2,1-3H3. The molecule has 1 N–H and O–H groups in total. The third kappa shape index (κ3) is 4.30. The van der Waals surface area contributed by atoms with Crippen LogP contribution in [0.25, 0.3) is 0 Å². The fourth-order valence-corrected chi connectivity index (χ4v) is 2.94. The molecule has 5 nitrogen and oxygen atoms in total. The number of carbonyl (C=O) groups is 1. The topological polar surface area (TPSA) is 50.2 Å². The summed E-state index contributed by atoms with van der Waals surface area (Å²) in [6.45, 7) is 6.61. The number of hydrogen-bond acceptors (Lipinski definition) is 3. The van der Waals surface area contributed by atoms with Gasteiger partial charge in [0.15, 0.2) is 0 Å². The molecular formula is C16H28N4O. The number of rotatable bonds is 5. The Morgan fingerprint density at radius 2 is 2.00 bits per heavy atom. The summed E-state index contributed by atoms with van der Waals surface area (Å²) in [7, 11) is 1.94. The Balaban J connectivity index is 1.88. The van der Waals surface area contributed by atoms with Gasteiger partial charge in [-0.2, -0.15) is 5.10 Å². The second kappa shape index (κ2) is 7.59. The van der Waals surface area contributed by atoms with Crippen LogP contribution in [-0.4, -0.2) is 39.7 Å². The molecule has 1 aromatic rings. The lowest BCUT2D eigenvalue weighted by Gasteiger charge is -2.24. The summed E-state index contributed by atoms with van der Waals surface area (Å²) in [5, 5.41) is 7.80. The molecule has 1 aromatic heterocycles. The van der Waals surface area contributed by atoms with E-state index in [4.69, 9.17) is 0 Å². The molecule has 1 aliphatic heterocycles. The van der Waals surface area contributed by atoms with Gasteiger partial charge >= 0.3 is 0 Å². The minimum Gasteiger partial charge on any atom is -0.341 e. The fourth-order valence-electron chi connectivity index (χ4n) is 2.94. The van der Waals surface area contributed by atoms with Crippen molar-refractivity contribution in [2.75, 3.05) is 13.1 Å². The first-order chi connectivity index (χ1) is 10.1. The SMILES string of the molecule is CCc1nn(C)cc1CNC(C)C(=O)N1CCCCCC1. The van der Waals surface area contributed by atoms with Crippen LogP contribution in [0.3, 0.4) is 0 Å². The molecule has 0 saturated carbocycles. The summed E-state index contributed by atoms with van der Waals surface area (Å²) in [6.07, 6.45) is 7.74. The largest absolute Gasteiger partial charge is 0.341 e. The van der Waals surface area contributed by atoms with Crippen molar-refractivity contribution in [1.82, 2.24) is 20.0 Å². The second-order valence-corrected chi connectivity index (χ2v) is 5.97. The van der Waals surface area contributed by atoms with Crippen LogP contribution in [0, 0.1) is 0 Å². The van der Waals surface area contributed by atoms with Crippen LogP contribution >= 0.6 is 0 Å². The number of hydrogen-bond donors (Lipinski definition) is 1. The molecule has 2 rings (SSSR count). The van der Waals surface area contributed by atoms with E-state index in [1.165, 1.54) is 18.4 Å². The molecule has 1 fully saturated rings. The lowest BCUT2D eigenvalue weighted by molar-refractivity contribution is -0.133. The fraction of sp³-hybridized carbons (Fsp3) is 0.750. The van der Waals surface area contributed by atoms with Crippen molar-refractivity contribution < 1.29 is 4.79 Å². The molecule has 1 aliphatic rings. The second-order valence-electron chi connectivity index (χ2n) is 5.97. The van der Waals surface area contributed by atoms with Crippen molar-refractivity contribution in [3.8, 4) is 0 Å². The van der Waals surface area contributed by atoms with Gasteiger partial charge < -0.3 is 10.2 Å². The van der Waals surface area contributed by atoms with Gasteiger partial charge in [-0.05, 0) is 26.2 Å². The van der Waals surface area contributed by atoms with Crippen molar-refractivity contribution in [2.24, 2.45) is 7.05 Å². The maximum atomic E-state index is 12.5. The summed E-state index contributed by atoms with van der Waals surface area (Å²) in [5.41, 5.74) is 2.30. The highest BCUT2D eigenvalue weighted by molar-refractivity contribution is 5.81. The van der Waals surface area contributed by atoms with E-state index in [-0.39, 0.29) is 11.9 Å². The Labute approximate surface area is 127 Å². The Hall–Kier alpha value is -1.36. The lowest BCUT2D eigenvalue weighted by atomic mass is 10.2. The summed E-state index contributed by atoms with van der Waals surface area (Å²) in [6, 6.07) is -0.131. The average Bonchev–Trinajstić information content (AvgIpc) is 2.68. The molecule has 1 amide bonds. The van der Waals surface area contributed by atoms with Crippen LogP contribution in [0.15, 0.2) is 6.20 Å². The van der Waals surface area contributed by atoms with E-state index in [1.807, 2.05) is 29.7 Å². The molecular weight excluding hydrogens is 264 g/mol. The van der Waals surface area contributed by atoms with E-state index >= 15 is 0 Å². The van der Waals surface area contributed by atoms with Gasteiger partial charge in [0.25, 0.3) is 0 Å². The third-order valence-electron chi connectivity index (χ3n) is 4.21. The molecule has 0 spiro atoms. The molecule has 1 atom stereocenters. The van der Waals surface area contributed by atoms with Crippen LogP contribution in [-0.2, 0) is 24.8 Å². The Kier molecular flexibility index (Phi) is 5.79. The van der Waals surface area contributed by atoms with Crippen LogP contribution in [0.5, 0.6) is 0 Å². The summed E-state index contributed by atoms with van der Waals surface area (Å²) >= 11 is 0. The summed E-state index contributed by atoms with van der Waals surface area (Å²) < 4.78 is 1.84. The van der Waals surface area contributed by atoms with Crippen LogP contribution in [0.4, 0.5) is 0 Å². The highest BCUT2D eigenvalue weighted by atomic mass is 16.2. The van der Waals surface area contributed by atoms with E-state index in [2.05, 4.69) is 17.3 Å². The molecule has 0 aromatic carbocycles. The van der Waals surface area contributed by atoms with Gasteiger partial charge in [0.05, 0.1) is 11.7 Å². The molecule has 0 aliphatic carbocycles. The van der Waals surface area contributed by atoms with Crippen LogP contribution in [0.1, 0.15) is 50.8 Å². The molecule has 1 saturated heterocycles. The van der Waals surface area contributed by atoms with E-state index in [0.29, 0.717) is 6.54 Å². The minimum absolute atomic E-state index is 0.131. The predicted octanol–water partition coefficient (Wildman–Crippen LogP) is 1.86. The number of likely N-dealkylation sites (tertiary alicyclic amines) is 1. The van der Waals surface area contributed by atoms with Crippen LogP contribution < -0.4 is 5.32 Å². The quantitative estimate of drug-likeness (QED) is 0.901. The zero-order valence-electron chi connectivity index (χ0n) is 13.6. The van der Waals surface area contributed by atoms with Gasteiger partial charge in [-0.1, -0.05) is 19.8 Å². The number of nitrogens with one attached hydrogen (secondary N) is 1. The highest BCUT2D eigenvalue weighted by Gasteiger charge is 2.21. The smallest absolute Gasteiger partial charge is 0.239 e. The van der Waals surface area contributed by atoms with E-state index in [9.17, 15) is 4.79 Å². The Morgan fingerprint density at radius 3 is 2.62 bits per heavy atom. The zero-order chi connectivity index (χ0) is 15.2. The summed E-state index contributed by atoms with van der Waals surface area (Å²) in [4.78, 5) is 14.5. The molecule has 1 unspecified atom stereocenters. The summed E-state index contributed by atoms with van der Waals surface area (Å²) in [5.74, 6) is 0.235. The average molecular weight is 292 g/mol. The molecule has 0 radical (unpaired) electrons. The lowest BCUT2D eigenvalue weighted by Crippen LogP contribution is -2.45. The van der Waals surface area contributed by atoms with Crippen LogP contribution in [0.2, 0.25) is 0 Å². The maximum Gasteiger partial charge on any atom is 0.239 e. The van der Waals surface area contributed by atoms with E-state index in [1.54, 1.807) is 0 Å². The van der Waals surface area contributed by atoms with Gasteiger partial charge in [0, 0.05) is 38.4 Å². The van der Waals surface area contributed by atoms with Crippen molar-refractivity contribution >= 4 is 5.91 Å². The number of carbonyl (C=O) groups excluding carboxylic acids is 1. The first kappa shape index (κ1) is 16.0. The Morgan fingerprint density at radius 1 is 1.33 bits per heavy atom. The normalized spacial score (nSPS) is 17.6. The molecule has 5 heteroatoms. The van der Waals surface area contributed by atoms with Crippen molar-refractivity contribution in [3.05, 3.63) is 17.5 Å². The minimum atomic E-state index is -0.131.